The van der Waals surface area contributed by atoms with Gasteiger partial charge in [-0.1, -0.05) is 41.9 Å². The largest absolute Gasteiger partial charge is 0.478 e. The molecule has 1 aliphatic rings. The highest BCUT2D eigenvalue weighted by Gasteiger charge is 2.44. The molecule has 0 aliphatic carbocycles. The van der Waals surface area contributed by atoms with Crippen LogP contribution in [0.25, 0.3) is 11.1 Å². The first-order valence-corrected chi connectivity index (χ1v) is 9.61. The summed E-state index contributed by atoms with van der Waals surface area (Å²) >= 11 is 6.40. The molecule has 1 unspecified atom stereocenters. The van der Waals surface area contributed by atoms with Gasteiger partial charge < -0.3 is 15.2 Å². The lowest BCUT2D eigenvalue weighted by Crippen LogP contribution is -2.38. The summed E-state index contributed by atoms with van der Waals surface area (Å²) in [5, 5.41) is 9.60. The molecule has 1 aliphatic heterocycles. The molecule has 8 heteroatoms. The molecule has 4 rings (SSSR count). The van der Waals surface area contributed by atoms with Crippen LogP contribution in [0, 0.1) is 23.0 Å². The third-order valence-electron chi connectivity index (χ3n) is 5.20. The Labute approximate surface area is 181 Å². The molecule has 0 spiro atoms. The maximum atomic E-state index is 14.8. The van der Waals surface area contributed by atoms with Crippen LogP contribution in [-0.2, 0) is 16.8 Å². The van der Waals surface area contributed by atoms with E-state index in [0.29, 0.717) is 16.9 Å². The number of hydrogen-bond donors (Lipinski definition) is 1. The summed E-state index contributed by atoms with van der Waals surface area (Å²) in [4.78, 5) is 11.3. The van der Waals surface area contributed by atoms with Gasteiger partial charge in [0.1, 0.15) is 12.4 Å². The summed E-state index contributed by atoms with van der Waals surface area (Å²) in [6.07, 6.45) is -0.854. The SMILES string of the molecule is N#Cc1ccc(F)c(F)c1-c1c(Cl)ccc2c1CC(COC(N)=O)(c1ccccc1)O2. The topological polar surface area (TPSA) is 85.3 Å². The minimum absolute atomic E-state index is 0.0696. The Morgan fingerprint density at radius 3 is 2.58 bits per heavy atom. The number of hydrogen-bond acceptors (Lipinski definition) is 4. The monoisotopic (exact) mass is 440 g/mol. The Hall–Kier alpha value is -3.63. The molecule has 3 aromatic rings. The van der Waals surface area contributed by atoms with Crippen molar-refractivity contribution in [2.75, 3.05) is 6.61 Å². The number of primary amides is 1. The number of halogens is 3. The summed E-state index contributed by atoms with van der Waals surface area (Å²) in [6.45, 7) is -0.213. The quantitative estimate of drug-likeness (QED) is 0.612. The van der Waals surface area contributed by atoms with Gasteiger partial charge in [-0.05, 0) is 29.8 Å². The van der Waals surface area contributed by atoms with Gasteiger partial charge in [0, 0.05) is 28.1 Å². The second-order valence-electron chi connectivity index (χ2n) is 7.04. The number of nitrogens with two attached hydrogens (primary N) is 1. The third-order valence-corrected chi connectivity index (χ3v) is 5.51. The van der Waals surface area contributed by atoms with Crippen LogP contribution in [0.1, 0.15) is 16.7 Å². The van der Waals surface area contributed by atoms with E-state index >= 15 is 0 Å². The van der Waals surface area contributed by atoms with Crippen molar-refractivity contribution < 1.29 is 23.0 Å². The van der Waals surface area contributed by atoms with Crippen LogP contribution in [-0.4, -0.2) is 12.7 Å². The number of amides is 1. The predicted molar refractivity (Wildman–Crippen MR) is 110 cm³/mol. The minimum atomic E-state index is -1.18. The zero-order valence-electron chi connectivity index (χ0n) is 16.0. The second kappa shape index (κ2) is 7.89. The van der Waals surface area contributed by atoms with Gasteiger partial charge in [-0.2, -0.15) is 5.26 Å². The fourth-order valence-electron chi connectivity index (χ4n) is 3.82. The molecular formula is C23H15ClF2N2O3. The highest BCUT2D eigenvalue weighted by Crippen LogP contribution is 2.49. The molecule has 1 heterocycles. The van der Waals surface area contributed by atoms with Crippen LogP contribution in [0.5, 0.6) is 5.75 Å². The van der Waals surface area contributed by atoms with Crippen LogP contribution >= 0.6 is 11.6 Å². The second-order valence-corrected chi connectivity index (χ2v) is 7.45. The number of benzene rings is 3. The summed E-state index contributed by atoms with van der Waals surface area (Å²) in [5.74, 6) is -1.93. The molecule has 2 N–H and O–H groups in total. The molecule has 0 saturated heterocycles. The average molecular weight is 441 g/mol. The Kier molecular flexibility index (Phi) is 5.25. The van der Waals surface area contributed by atoms with E-state index in [1.54, 1.807) is 30.3 Å². The molecule has 1 atom stereocenters. The van der Waals surface area contributed by atoms with E-state index in [4.69, 9.17) is 26.8 Å². The van der Waals surface area contributed by atoms with Gasteiger partial charge in [0.2, 0.25) is 0 Å². The fourth-order valence-corrected chi connectivity index (χ4v) is 4.09. The van der Waals surface area contributed by atoms with Crippen LogP contribution in [0.15, 0.2) is 54.6 Å². The zero-order valence-corrected chi connectivity index (χ0v) is 16.7. The average Bonchev–Trinajstić information content (AvgIpc) is 3.15. The standard InChI is InChI=1S/C23H15ClF2N2O3/c24-16-7-9-18-15(20(16)19-13(11-27)6-8-17(25)21(19)26)10-23(31-18,12-30-22(28)29)14-4-2-1-3-5-14/h1-9H,10,12H2,(H2,28,29). The third kappa shape index (κ3) is 3.56. The lowest BCUT2D eigenvalue weighted by molar-refractivity contribution is 0.0148. The van der Waals surface area contributed by atoms with Crippen molar-refractivity contribution in [3.05, 3.63) is 87.9 Å². The minimum Gasteiger partial charge on any atom is -0.478 e. The summed E-state index contributed by atoms with van der Waals surface area (Å²) in [5.41, 5.74) is 5.01. The van der Waals surface area contributed by atoms with Gasteiger partial charge in [-0.25, -0.2) is 13.6 Å². The van der Waals surface area contributed by atoms with Crippen LogP contribution in [0.4, 0.5) is 13.6 Å². The van der Waals surface area contributed by atoms with E-state index in [1.165, 1.54) is 12.1 Å². The highest BCUT2D eigenvalue weighted by molar-refractivity contribution is 6.33. The summed E-state index contributed by atoms with van der Waals surface area (Å²) in [6, 6.07) is 16.0. The maximum Gasteiger partial charge on any atom is 0.404 e. The van der Waals surface area contributed by atoms with Gasteiger partial charge in [-0.15, -0.1) is 0 Å². The van der Waals surface area contributed by atoms with Crippen LogP contribution < -0.4 is 10.5 Å². The number of rotatable bonds is 4. The van der Waals surface area contributed by atoms with Gasteiger partial charge >= 0.3 is 6.09 Å². The number of carbonyl (C=O) groups is 1. The lowest BCUT2D eigenvalue weighted by atomic mass is 9.86. The molecule has 31 heavy (non-hydrogen) atoms. The van der Waals surface area contributed by atoms with Crippen molar-refractivity contribution in [3.8, 4) is 22.9 Å². The molecule has 0 bridgehead atoms. The van der Waals surface area contributed by atoms with Gasteiger partial charge in [0.25, 0.3) is 0 Å². The molecule has 0 fully saturated rings. The first-order chi connectivity index (χ1) is 14.9. The Morgan fingerprint density at radius 1 is 1.16 bits per heavy atom. The van der Waals surface area contributed by atoms with E-state index < -0.39 is 23.3 Å². The highest BCUT2D eigenvalue weighted by atomic mass is 35.5. The lowest BCUT2D eigenvalue weighted by Gasteiger charge is -2.28. The van der Waals surface area contributed by atoms with Crippen molar-refractivity contribution in [1.82, 2.24) is 0 Å². The Balaban J connectivity index is 1.92. The van der Waals surface area contributed by atoms with Crippen molar-refractivity contribution >= 4 is 17.7 Å². The summed E-state index contributed by atoms with van der Waals surface area (Å²) in [7, 11) is 0. The first kappa shape index (κ1) is 20.6. The fraction of sp³-hybridized carbons (Fsp3) is 0.130. The van der Waals surface area contributed by atoms with Crippen molar-refractivity contribution in [2.24, 2.45) is 5.73 Å². The Bertz CT molecular complexity index is 1230. The van der Waals surface area contributed by atoms with Gasteiger partial charge in [0.05, 0.1) is 11.6 Å². The van der Waals surface area contributed by atoms with E-state index in [2.05, 4.69) is 0 Å². The normalized spacial score (nSPS) is 16.8. The van der Waals surface area contributed by atoms with Gasteiger partial charge in [-0.3, -0.25) is 0 Å². The molecule has 1 amide bonds. The molecule has 0 radical (unpaired) electrons. The predicted octanol–water partition coefficient (Wildman–Crippen LogP) is 5.08. The zero-order chi connectivity index (χ0) is 22.2. The van der Waals surface area contributed by atoms with Crippen LogP contribution in [0.3, 0.4) is 0 Å². The van der Waals surface area contributed by atoms with Crippen LogP contribution in [0.2, 0.25) is 5.02 Å². The van der Waals surface area contributed by atoms with Gasteiger partial charge in [0.15, 0.2) is 17.2 Å². The van der Waals surface area contributed by atoms with E-state index in [9.17, 15) is 18.8 Å². The number of carbonyl (C=O) groups excluding carboxylic acids is 1. The number of nitrogens with zero attached hydrogens (tertiary/aromatic N) is 1. The van der Waals surface area contributed by atoms with Crippen molar-refractivity contribution in [1.29, 1.82) is 5.26 Å². The molecule has 156 valence electrons. The maximum absolute atomic E-state index is 14.8. The number of nitriles is 1. The molecule has 3 aromatic carbocycles. The summed E-state index contributed by atoms with van der Waals surface area (Å²) < 4.78 is 40.2. The number of ether oxygens (including phenoxy) is 2. The molecule has 0 saturated carbocycles. The van der Waals surface area contributed by atoms with E-state index in [1.807, 2.05) is 12.1 Å². The van der Waals surface area contributed by atoms with Crippen molar-refractivity contribution in [2.45, 2.75) is 12.0 Å². The molecule has 0 aromatic heterocycles. The smallest absolute Gasteiger partial charge is 0.404 e. The molecule has 5 nitrogen and oxygen atoms in total. The molecular weight excluding hydrogens is 426 g/mol. The van der Waals surface area contributed by atoms with E-state index in [0.717, 1.165) is 6.07 Å². The Morgan fingerprint density at radius 2 is 1.90 bits per heavy atom. The number of fused-ring (bicyclic) bond motifs is 1. The van der Waals surface area contributed by atoms with Crippen molar-refractivity contribution in [3.63, 3.8) is 0 Å². The first-order valence-electron chi connectivity index (χ1n) is 9.23. The van der Waals surface area contributed by atoms with E-state index in [-0.39, 0.29) is 34.7 Å².